The van der Waals surface area contributed by atoms with Crippen LogP contribution in [-0.4, -0.2) is 37.1 Å². The molecule has 3 heteroatoms. The summed E-state index contributed by atoms with van der Waals surface area (Å²) in [5, 5.41) is 0. The number of ether oxygens (including phenoxy) is 1. The second-order valence-electron chi connectivity index (χ2n) is 7.07. The predicted octanol–water partition coefficient (Wildman–Crippen LogP) is 3.88. The van der Waals surface area contributed by atoms with Gasteiger partial charge in [0.2, 0.25) is 5.91 Å². The van der Waals surface area contributed by atoms with Gasteiger partial charge in [-0.05, 0) is 31.4 Å². The minimum Gasteiger partial charge on any atom is -0.385 e. The van der Waals surface area contributed by atoms with E-state index in [0.29, 0.717) is 6.61 Å². The molecule has 2 aromatic rings. The third-order valence-corrected chi connectivity index (χ3v) is 5.38. The summed E-state index contributed by atoms with van der Waals surface area (Å²) in [5.74, 6) is 0.396. The second kappa shape index (κ2) is 7.40. The first kappa shape index (κ1) is 17.7. The fourth-order valence-corrected chi connectivity index (χ4v) is 4.16. The van der Waals surface area contributed by atoms with Crippen LogP contribution < -0.4 is 0 Å². The number of likely N-dealkylation sites (tertiary alicyclic amines) is 1. The van der Waals surface area contributed by atoms with Crippen molar-refractivity contribution in [3.63, 3.8) is 0 Å². The summed E-state index contributed by atoms with van der Waals surface area (Å²) in [6.07, 6.45) is 0.856. The zero-order valence-corrected chi connectivity index (χ0v) is 15.3. The Kier molecular flexibility index (Phi) is 5.24. The number of carbonyl (C=O) groups excluding carboxylic acids is 1. The molecule has 2 aromatic carbocycles. The third-order valence-electron chi connectivity index (χ3n) is 5.38. The SMILES string of the molecule is COCC[C@H]1CN(C(C)C)C(=O)C1(c1ccccc1)c1ccccc1. The van der Waals surface area contributed by atoms with Crippen LogP contribution in [0.25, 0.3) is 0 Å². The molecule has 1 atom stereocenters. The molecule has 0 N–H and O–H groups in total. The largest absolute Gasteiger partial charge is 0.385 e. The van der Waals surface area contributed by atoms with Crippen LogP contribution in [0.4, 0.5) is 0 Å². The predicted molar refractivity (Wildman–Crippen MR) is 100 cm³/mol. The molecule has 0 aromatic heterocycles. The topological polar surface area (TPSA) is 29.5 Å². The maximum Gasteiger partial charge on any atom is 0.238 e. The smallest absolute Gasteiger partial charge is 0.238 e. The fourth-order valence-electron chi connectivity index (χ4n) is 4.16. The van der Waals surface area contributed by atoms with Crippen LogP contribution >= 0.6 is 0 Å². The highest BCUT2D eigenvalue weighted by Gasteiger charge is 2.56. The van der Waals surface area contributed by atoms with Gasteiger partial charge < -0.3 is 9.64 Å². The van der Waals surface area contributed by atoms with E-state index in [2.05, 4.69) is 38.1 Å². The molecule has 0 spiro atoms. The number of rotatable bonds is 6. The first-order valence-electron chi connectivity index (χ1n) is 9.03. The van der Waals surface area contributed by atoms with Crippen molar-refractivity contribution < 1.29 is 9.53 Å². The number of amides is 1. The fraction of sp³-hybridized carbons (Fsp3) is 0.409. The van der Waals surface area contributed by atoms with Gasteiger partial charge in [0.25, 0.3) is 0 Å². The van der Waals surface area contributed by atoms with Crippen molar-refractivity contribution in [2.45, 2.75) is 31.7 Å². The van der Waals surface area contributed by atoms with Crippen molar-refractivity contribution in [2.24, 2.45) is 5.92 Å². The maximum atomic E-state index is 13.7. The second-order valence-corrected chi connectivity index (χ2v) is 7.07. The van der Waals surface area contributed by atoms with Gasteiger partial charge in [-0.3, -0.25) is 4.79 Å². The number of benzene rings is 2. The highest BCUT2D eigenvalue weighted by Crippen LogP contribution is 2.47. The molecule has 0 unspecified atom stereocenters. The number of hydrogen-bond donors (Lipinski definition) is 0. The molecule has 0 saturated carbocycles. The lowest BCUT2D eigenvalue weighted by Gasteiger charge is -2.34. The standard InChI is InChI=1S/C22H27NO2/c1-17(2)23-16-20(14-15-25-3)22(21(23)24,18-10-6-4-7-11-18)19-12-8-5-9-13-19/h4-13,17,20H,14-16H2,1-3H3/t20-/m0/s1. The van der Waals surface area contributed by atoms with Gasteiger partial charge in [0, 0.05) is 32.2 Å². The van der Waals surface area contributed by atoms with Crippen LogP contribution in [-0.2, 0) is 14.9 Å². The summed E-state index contributed by atoms with van der Waals surface area (Å²) < 4.78 is 5.37. The van der Waals surface area contributed by atoms with Crippen molar-refractivity contribution in [1.29, 1.82) is 0 Å². The molecule has 1 amide bonds. The molecule has 1 saturated heterocycles. The first-order chi connectivity index (χ1) is 12.1. The van der Waals surface area contributed by atoms with Crippen molar-refractivity contribution in [1.82, 2.24) is 4.90 Å². The Balaban J connectivity index is 2.21. The van der Waals surface area contributed by atoms with Gasteiger partial charge >= 0.3 is 0 Å². The molecule has 1 aliphatic heterocycles. The Morgan fingerprint density at radius 2 is 1.56 bits per heavy atom. The summed E-state index contributed by atoms with van der Waals surface area (Å²) in [4.78, 5) is 15.8. The van der Waals surface area contributed by atoms with Crippen LogP contribution in [0, 0.1) is 5.92 Å². The van der Waals surface area contributed by atoms with Crippen LogP contribution in [0.2, 0.25) is 0 Å². The monoisotopic (exact) mass is 337 g/mol. The van der Waals surface area contributed by atoms with Gasteiger partial charge in [-0.2, -0.15) is 0 Å². The van der Waals surface area contributed by atoms with Crippen LogP contribution in [0.3, 0.4) is 0 Å². The molecule has 1 heterocycles. The molecular formula is C22H27NO2. The molecule has 3 nitrogen and oxygen atoms in total. The lowest BCUT2D eigenvalue weighted by atomic mass is 9.66. The molecule has 1 fully saturated rings. The summed E-state index contributed by atoms with van der Waals surface area (Å²) in [7, 11) is 1.73. The van der Waals surface area contributed by atoms with Gasteiger partial charge in [0.15, 0.2) is 0 Å². The number of carbonyl (C=O) groups is 1. The van der Waals surface area contributed by atoms with Gasteiger partial charge in [-0.25, -0.2) is 0 Å². The molecule has 0 bridgehead atoms. The molecule has 1 aliphatic rings. The highest BCUT2D eigenvalue weighted by molar-refractivity contribution is 5.95. The maximum absolute atomic E-state index is 13.7. The summed E-state index contributed by atoms with van der Waals surface area (Å²) in [6.45, 7) is 5.61. The van der Waals surface area contributed by atoms with Crippen molar-refractivity contribution in [3.05, 3.63) is 71.8 Å². The Morgan fingerprint density at radius 3 is 2.00 bits per heavy atom. The van der Waals surface area contributed by atoms with Crippen LogP contribution in [0.5, 0.6) is 0 Å². The van der Waals surface area contributed by atoms with Crippen LogP contribution in [0.1, 0.15) is 31.4 Å². The van der Waals surface area contributed by atoms with Gasteiger partial charge in [0.05, 0.1) is 0 Å². The molecule has 25 heavy (non-hydrogen) atoms. The highest BCUT2D eigenvalue weighted by atomic mass is 16.5. The Hall–Kier alpha value is -2.13. The molecule has 3 rings (SSSR count). The zero-order valence-electron chi connectivity index (χ0n) is 15.3. The molecule has 0 aliphatic carbocycles. The van der Waals surface area contributed by atoms with Crippen LogP contribution in [0.15, 0.2) is 60.7 Å². The third kappa shape index (κ3) is 2.98. The Labute approximate surface area is 150 Å². The minimum atomic E-state index is -0.634. The van der Waals surface area contributed by atoms with Gasteiger partial charge in [-0.15, -0.1) is 0 Å². The van der Waals surface area contributed by atoms with E-state index < -0.39 is 5.41 Å². The number of methoxy groups -OCH3 is 1. The van der Waals surface area contributed by atoms with Gasteiger partial charge in [-0.1, -0.05) is 60.7 Å². The summed E-state index contributed by atoms with van der Waals surface area (Å²) >= 11 is 0. The normalized spacial score (nSPS) is 19.6. The van der Waals surface area contributed by atoms with Crippen molar-refractivity contribution in [3.8, 4) is 0 Å². The molecule has 132 valence electrons. The average Bonchev–Trinajstić information content (AvgIpc) is 2.95. The summed E-state index contributed by atoms with van der Waals surface area (Å²) in [5.41, 5.74) is 1.52. The van der Waals surface area contributed by atoms with Gasteiger partial charge in [0.1, 0.15) is 5.41 Å². The lowest BCUT2D eigenvalue weighted by Crippen LogP contribution is -2.43. The van der Waals surface area contributed by atoms with E-state index >= 15 is 0 Å². The van der Waals surface area contributed by atoms with E-state index in [1.54, 1.807) is 7.11 Å². The molecule has 0 radical (unpaired) electrons. The number of hydrogen-bond acceptors (Lipinski definition) is 2. The Morgan fingerprint density at radius 1 is 1.04 bits per heavy atom. The van der Waals surface area contributed by atoms with E-state index in [1.165, 1.54) is 0 Å². The van der Waals surface area contributed by atoms with Crippen molar-refractivity contribution >= 4 is 5.91 Å². The van der Waals surface area contributed by atoms with E-state index in [0.717, 1.165) is 24.1 Å². The lowest BCUT2D eigenvalue weighted by molar-refractivity contribution is -0.132. The zero-order chi connectivity index (χ0) is 17.9. The average molecular weight is 337 g/mol. The van der Waals surface area contributed by atoms with E-state index in [1.807, 2.05) is 41.3 Å². The first-order valence-corrected chi connectivity index (χ1v) is 9.03. The van der Waals surface area contributed by atoms with E-state index in [4.69, 9.17) is 4.74 Å². The molecular weight excluding hydrogens is 310 g/mol. The van der Waals surface area contributed by atoms with Crippen molar-refractivity contribution in [2.75, 3.05) is 20.3 Å². The quantitative estimate of drug-likeness (QED) is 0.801. The Bertz CT molecular complexity index is 657. The minimum absolute atomic E-state index is 0.187. The van der Waals surface area contributed by atoms with E-state index in [-0.39, 0.29) is 17.9 Å². The number of nitrogens with zero attached hydrogens (tertiary/aromatic N) is 1. The van der Waals surface area contributed by atoms with E-state index in [9.17, 15) is 4.79 Å². The summed E-state index contributed by atoms with van der Waals surface area (Å²) in [6, 6.07) is 20.7.